The molecule has 0 fully saturated rings. The minimum absolute atomic E-state index is 0.180. The van der Waals surface area contributed by atoms with Gasteiger partial charge in [-0.25, -0.2) is 4.98 Å². The fraction of sp³-hybridized carbons (Fsp3) is 0.444. The van der Waals surface area contributed by atoms with Crippen molar-refractivity contribution in [2.24, 2.45) is 5.73 Å². The minimum atomic E-state index is 0.180. The molecule has 2 atom stereocenters. The molecule has 2 unspecified atom stereocenters. The van der Waals surface area contributed by atoms with Crippen molar-refractivity contribution in [3.8, 4) is 0 Å². The number of rotatable bonds is 3. The highest BCUT2D eigenvalue weighted by Gasteiger charge is 2.11. The molecule has 4 heteroatoms. The first kappa shape index (κ1) is 11.0. The molecule has 0 saturated heterocycles. The quantitative estimate of drug-likeness (QED) is 0.850. The van der Waals surface area contributed by atoms with Gasteiger partial charge in [-0.15, -0.1) is 11.8 Å². The number of aromatic nitrogens is 1. The van der Waals surface area contributed by atoms with E-state index in [4.69, 9.17) is 5.73 Å². The van der Waals surface area contributed by atoms with Gasteiger partial charge in [0.2, 0.25) is 0 Å². The average Bonchev–Trinajstić information content (AvgIpc) is 2.08. The Balaban J connectivity index is 2.69. The number of nitrogens with two attached hydrogens (primary N) is 1. The lowest BCUT2D eigenvalue weighted by molar-refractivity contribution is 0.729. The molecule has 2 nitrogen and oxygen atoms in total. The summed E-state index contributed by atoms with van der Waals surface area (Å²) in [6.07, 6.45) is 1.79. The monoisotopic (exact) mass is 260 g/mol. The number of hydrogen-bond acceptors (Lipinski definition) is 3. The molecule has 1 aromatic rings. The highest BCUT2D eigenvalue weighted by Crippen LogP contribution is 2.28. The van der Waals surface area contributed by atoms with Crippen molar-refractivity contribution in [1.29, 1.82) is 0 Å². The smallest absolute Gasteiger partial charge is 0.110 e. The molecule has 1 rings (SSSR count). The van der Waals surface area contributed by atoms with Crippen LogP contribution in [0.2, 0.25) is 0 Å². The Kier molecular flexibility index (Phi) is 4.22. The van der Waals surface area contributed by atoms with Gasteiger partial charge in [0.05, 0.1) is 0 Å². The number of pyridine rings is 1. The van der Waals surface area contributed by atoms with Crippen LogP contribution in [0.15, 0.2) is 27.8 Å². The molecule has 1 heterocycles. The van der Waals surface area contributed by atoms with E-state index < -0.39 is 0 Å². The number of halogens is 1. The third kappa shape index (κ3) is 3.29. The molecule has 0 aliphatic rings. The van der Waals surface area contributed by atoms with E-state index in [-0.39, 0.29) is 6.04 Å². The van der Waals surface area contributed by atoms with Crippen LogP contribution in [-0.4, -0.2) is 16.3 Å². The van der Waals surface area contributed by atoms with Gasteiger partial charge in [0, 0.05) is 22.0 Å². The third-order valence-electron chi connectivity index (χ3n) is 1.76. The summed E-state index contributed by atoms with van der Waals surface area (Å²) in [5.41, 5.74) is 5.77. The summed E-state index contributed by atoms with van der Waals surface area (Å²) in [6, 6.07) is 4.08. The zero-order valence-corrected chi connectivity index (χ0v) is 10.1. The van der Waals surface area contributed by atoms with Gasteiger partial charge in [0.15, 0.2) is 0 Å². The summed E-state index contributed by atoms with van der Waals surface area (Å²) in [5.74, 6) is 0. The lowest BCUT2D eigenvalue weighted by atomic mass is 10.3. The summed E-state index contributed by atoms with van der Waals surface area (Å²) in [6.45, 7) is 4.12. The Hall–Kier alpha value is -0.0600. The predicted octanol–water partition coefficient (Wildman–Crippen LogP) is 2.67. The van der Waals surface area contributed by atoms with Gasteiger partial charge in [-0.3, -0.25) is 0 Å². The minimum Gasteiger partial charge on any atom is -0.327 e. The Bertz CT molecular complexity index is 278. The number of hydrogen-bond donors (Lipinski definition) is 1. The molecular formula is C9H13BrN2S. The van der Waals surface area contributed by atoms with E-state index in [2.05, 4.69) is 27.8 Å². The van der Waals surface area contributed by atoms with E-state index in [0.717, 1.165) is 9.50 Å². The SMILES string of the molecule is CC(N)C(C)Sc1ncccc1Br. The van der Waals surface area contributed by atoms with Gasteiger partial charge in [-0.1, -0.05) is 6.92 Å². The Morgan fingerprint density at radius 1 is 1.54 bits per heavy atom. The van der Waals surface area contributed by atoms with Crippen LogP contribution >= 0.6 is 27.7 Å². The molecular weight excluding hydrogens is 248 g/mol. The van der Waals surface area contributed by atoms with Gasteiger partial charge in [0.25, 0.3) is 0 Å². The zero-order chi connectivity index (χ0) is 9.84. The zero-order valence-electron chi connectivity index (χ0n) is 7.70. The standard InChI is InChI=1S/C9H13BrN2S/c1-6(11)7(2)13-9-8(10)4-3-5-12-9/h3-7H,11H2,1-2H3. The summed E-state index contributed by atoms with van der Waals surface area (Å²) in [5, 5.41) is 1.39. The van der Waals surface area contributed by atoms with E-state index >= 15 is 0 Å². The second kappa shape index (κ2) is 4.98. The fourth-order valence-electron chi connectivity index (χ4n) is 0.741. The molecule has 0 spiro atoms. The molecule has 0 radical (unpaired) electrons. The maximum Gasteiger partial charge on any atom is 0.110 e. The largest absolute Gasteiger partial charge is 0.327 e. The molecule has 0 amide bonds. The van der Waals surface area contributed by atoms with Crippen molar-refractivity contribution in [3.63, 3.8) is 0 Å². The molecule has 0 saturated carbocycles. The van der Waals surface area contributed by atoms with Crippen LogP contribution < -0.4 is 5.73 Å². The van der Waals surface area contributed by atoms with Crippen molar-refractivity contribution >= 4 is 27.7 Å². The van der Waals surface area contributed by atoms with Crippen LogP contribution in [0, 0.1) is 0 Å². The summed E-state index contributed by atoms with van der Waals surface area (Å²) < 4.78 is 1.03. The van der Waals surface area contributed by atoms with Gasteiger partial charge in [0.1, 0.15) is 5.03 Å². The van der Waals surface area contributed by atoms with E-state index in [1.165, 1.54) is 0 Å². The Morgan fingerprint density at radius 3 is 2.77 bits per heavy atom. The number of thioether (sulfide) groups is 1. The van der Waals surface area contributed by atoms with Gasteiger partial charge >= 0.3 is 0 Å². The van der Waals surface area contributed by atoms with Crippen molar-refractivity contribution < 1.29 is 0 Å². The highest BCUT2D eigenvalue weighted by molar-refractivity contribution is 9.10. The average molecular weight is 261 g/mol. The maximum absolute atomic E-state index is 5.77. The van der Waals surface area contributed by atoms with Crippen LogP contribution in [0.3, 0.4) is 0 Å². The maximum atomic E-state index is 5.77. The second-order valence-corrected chi connectivity index (χ2v) is 5.19. The molecule has 0 aromatic carbocycles. The fourth-order valence-corrected chi connectivity index (χ4v) is 2.15. The third-order valence-corrected chi connectivity index (χ3v) is 4.01. The van der Waals surface area contributed by atoms with E-state index in [0.29, 0.717) is 5.25 Å². The predicted molar refractivity (Wildman–Crippen MR) is 60.9 cm³/mol. The van der Waals surface area contributed by atoms with E-state index in [9.17, 15) is 0 Å². The van der Waals surface area contributed by atoms with E-state index in [1.807, 2.05) is 19.1 Å². The summed E-state index contributed by atoms with van der Waals surface area (Å²) in [4.78, 5) is 4.26. The first-order chi connectivity index (χ1) is 6.11. The topological polar surface area (TPSA) is 38.9 Å². The van der Waals surface area contributed by atoms with Crippen molar-refractivity contribution in [1.82, 2.24) is 4.98 Å². The van der Waals surface area contributed by atoms with Crippen molar-refractivity contribution in [3.05, 3.63) is 22.8 Å². The molecule has 13 heavy (non-hydrogen) atoms. The highest BCUT2D eigenvalue weighted by atomic mass is 79.9. The van der Waals surface area contributed by atoms with Crippen LogP contribution in [0.1, 0.15) is 13.8 Å². The number of nitrogens with zero attached hydrogens (tertiary/aromatic N) is 1. The molecule has 0 bridgehead atoms. The lowest BCUT2D eigenvalue weighted by Gasteiger charge is -2.14. The van der Waals surface area contributed by atoms with E-state index in [1.54, 1.807) is 18.0 Å². The molecule has 0 aliphatic carbocycles. The molecule has 2 N–H and O–H groups in total. The lowest BCUT2D eigenvalue weighted by Crippen LogP contribution is -2.26. The van der Waals surface area contributed by atoms with Crippen molar-refractivity contribution in [2.45, 2.75) is 30.2 Å². The first-order valence-electron chi connectivity index (χ1n) is 4.14. The summed E-state index contributed by atoms with van der Waals surface area (Å²) >= 11 is 5.15. The van der Waals surface area contributed by atoms with Gasteiger partial charge < -0.3 is 5.73 Å². The van der Waals surface area contributed by atoms with Crippen LogP contribution in [-0.2, 0) is 0 Å². The van der Waals surface area contributed by atoms with Crippen LogP contribution in [0.25, 0.3) is 0 Å². The van der Waals surface area contributed by atoms with Gasteiger partial charge in [-0.05, 0) is 35.0 Å². The Morgan fingerprint density at radius 2 is 2.23 bits per heavy atom. The second-order valence-electron chi connectivity index (χ2n) is 2.97. The normalized spacial score (nSPS) is 15.4. The first-order valence-corrected chi connectivity index (χ1v) is 5.81. The van der Waals surface area contributed by atoms with Gasteiger partial charge in [-0.2, -0.15) is 0 Å². The Labute approximate surface area is 91.4 Å². The molecule has 0 aliphatic heterocycles. The molecule has 1 aromatic heterocycles. The molecule has 72 valence electrons. The van der Waals surface area contributed by atoms with Crippen molar-refractivity contribution in [2.75, 3.05) is 0 Å². The van der Waals surface area contributed by atoms with Crippen LogP contribution in [0.5, 0.6) is 0 Å². The van der Waals surface area contributed by atoms with Crippen LogP contribution in [0.4, 0.5) is 0 Å². The summed E-state index contributed by atoms with van der Waals surface area (Å²) in [7, 11) is 0.